The van der Waals surface area contributed by atoms with Gasteiger partial charge >= 0.3 is 0 Å². The molecule has 1 rings (SSSR count). The van der Waals surface area contributed by atoms with Gasteiger partial charge in [0.05, 0.1) is 10.6 Å². The summed E-state index contributed by atoms with van der Waals surface area (Å²) in [5.74, 6) is 0.126. The van der Waals surface area contributed by atoms with E-state index in [1.165, 1.54) is 0 Å². The maximum absolute atomic E-state index is 11.4. The van der Waals surface area contributed by atoms with Crippen LogP contribution in [0.5, 0.6) is 0 Å². The molecule has 0 bridgehead atoms. The number of sulfone groups is 1. The fraction of sp³-hybridized carbons (Fsp3) is 0.250. The highest BCUT2D eigenvalue weighted by molar-refractivity contribution is 9.13. The Hall–Kier alpha value is 0.130. The minimum Gasteiger partial charge on any atom is -0.224 e. The summed E-state index contributed by atoms with van der Waals surface area (Å²) in [5.41, 5.74) is 0. The molecular weight excluding hydrogens is 320 g/mol. The monoisotopic (exact) mass is 326 g/mol. The minimum absolute atomic E-state index is 0.126. The van der Waals surface area contributed by atoms with Crippen molar-refractivity contribution in [2.45, 2.75) is 11.8 Å². The fourth-order valence-corrected chi connectivity index (χ4v) is 2.52. The Morgan fingerprint density at radius 2 is 1.85 bits per heavy atom. The van der Waals surface area contributed by atoms with Gasteiger partial charge in [-0.2, -0.15) is 0 Å². The predicted octanol–water partition coefficient (Wildman–Crippen LogP) is 3.01. The van der Waals surface area contributed by atoms with Gasteiger partial charge in [-0.1, -0.05) is 6.92 Å². The molecule has 13 heavy (non-hydrogen) atoms. The lowest BCUT2D eigenvalue weighted by Gasteiger charge is -2.02. The normalized spacial score (nSPS) is 11.6. The molecule has 0 saturated carbocycles. The number of hydrogen-bond donors (Lipinski definition) is 0. The third-order valence-electron chi connectivity index (χ3n) is 1.63. The SMILES string of the molecule is CCS(=O)(=O)c1ccc(Br)c(Br)c1. The second-order valence-electron chi connectivity index (χ2n) is 2.48. The maximum atomic E-state index is 11.4. The molecule has 0 fully saturated rings. The van der Waals surface area contributed by atoms with Crippen LogP contribution in [0.15, 0.2) is 32.0 Å². The van der Waals surface area contributed by atoms with E-state index in [0.29, 0.717) is 4.90 Å². The molecule has 0 aliphatic rings. The van der Waals surface area contributed by atoms with Gasteiger partial charge in [0.2, 0.25) is 0 Å². The van der Waals surface area contributed by atoms with Crippen molar-refractivity contribution in [2.24, 2.45) is 0 Å². The molecule has 0 heterocycles. The first-order chi connectivity index (χ1) is 5.97. The summed E-state index contributed by atoms with van der Waals surface area (Å²) in [4.78, 5) is 0.352. The third-order valence-corrected chi connectivity index (χ3v) is 5.24. The van der Waals surface area contributed by atoms with Gasteiger partial charge in [0.25, 0.3) is 0 Å². The van der Waals surface area contributed by atoms with Crippen molar-refractivity contribution < 1.29 is 8.42 Å². The van der Waals surface area contributed by atoms with Gasteiger partial charge in [0, 0.05) is 8.95 Å². The molecule has 5 heteroatoms. The zero-order valence-electron chi connectivity index (χ0n) is 6.92. The summed E-state index contributed by atoms with van der Waals surface area (Å²) < 4.78 is 24.5. The van der Waals surface area contributed by atoms with Crippen LogP contribution in [0, 0.1) is 0 Å². The topological polar surface area (TPSA) is 34.1 Å². The van der Waals surface area contributed by atoms with Gasteiger partial charge in [-0.05, 0) is 50.1 Å². The summed E-state index contributed by atoms with van der Waals surface area (Å²) in [6, 6.07) is 4.91. The van der Waals surface area contributed by atoms with Crippen LogP contribution in [0.2, 0.25) is 0 Å². The predicted molar refractivity (Wildman–Crippen MR) is 59.6 cm³/mol. The first kappa shape index (κ1) is 11.2. The Balaban J connectivity index is 3.27. The van der Waals surface area contributed by atoms with Gasteiger partial charge in [-0.3, -0.25) is 0 Å². The molecule has 0 saturated heterocycles. The van der Waals surface area contributed by atoms with E-state index in [-0.39, 0.29) is 5.75 Å². The number of benzene rings is 1. The van der Waals surface area contributed by atoms with Gasteiger partial charge in [0.1, 0.15) is 0 Å². The zero-order chi connectivity index (χ0) is 10.1. The van der Waals surface area contributed by atoms with Gasteiger partial charge in [-0.25, -0.2) is 8.42 Å². The van der Waals surface area contributed by atoms with Crippen molar-refractivity contribution in [1.82, 2.24) is 0 Å². The first-order valence-electron chi connectivity index (χ1n) is 3.65. The van der Waals surface area contributed by atoms with Crippen LogP contribution in [0.4, 0.5) is 0 Å². The highest BCUT2D eigenvalue weighted by Gasteiger charge is 2.12. The quantitative estimate of drug-likeness (QED) is 0.836. The lowest BCUT2D eigenvalue weighted by atomic mass is 10.4. The lowest BCUT2D eigenvalue weighted by molar-refractivity contribution is 0.597. The van der Waals surface area contributed by atoms with E-state index in [0.717, 1.165) is 8.95 Å². The molecule has 0 aromatic heterocycles. The summed E-state index contributed by atoms with van der Waals surface area (Å²) in [5, 5.41) is 0. The van der Waals surface area contributed by atoms with Crippen LogP contribution >= 0.6 is 31.9 Å². The van der Waals surface area contributed by atoms with Crippen molar-refractivity contribution >= 4 is 41.7 Å². The van der Waals surface area contributed by atoms with E-state index in [2.05, 4.69) is 31.9 Å². The van der Waals surface area contributed by atoms with Crippen LogP contribution in [-0.2, 0) is 9.84 Å². The summed E-state index contributed by atoms with van der Waals surface area (Å²) >= 11 is 6.53. The van der Waals surface area contributed by atoms with E-state index in [9.17, 15) is 8.42 Å². The van der Waals surface area contributed by atoms with E-state index in [1.807, 2.05) is 0 Å². The molecule has 0 aliphatic carbocycles. The second kappa shape index (κ2) is 4.11. The van der Waals surface area contributed by atoms with Crippen molar-refractivity contribution in [3.05, 3.63) is 27.1 Å². The van der Waals surface area contributed by atoms with Crippen LogP contribution in [-0.4, -0.2) is 14.2 Å². The Bertz CT molecular complexity index is 412. The molecule has 0 unspecified atom stereocenters. The molecular formula is C8H8Br2O2S. The third kappa shape index (κ3) is 2.54. The largest absolute Gasteiger partial charge is 0.224 e. The summed E-state index contributed by atoms with van der Waals surface area (Å²) in [6.07, 6.45) is 0. The van der Waals surface area contributed by atoms with Crippen LogP contribution < -0.4 is 0 Å². The number of rotatable bonds is 2. The Kier molecular flexibility index (Phi) is 3.54. The van der Waals surface area contributed by atoms with Crippen molar-refractivity contribution in [2.75, 3.05) is 5.75 Å². The minimum atomic E-state index is -3.09. The van der Waals surface area contributed by atoms with Crippen molar-refractivity contribution in [3.8, 4) is 0 Å². The molecule has 1 aromatic carbocycles. The molecule has 0 amide bonds. The van der Waals surface area contributed by atoms with Crippen LogP contribution in [0.3, 0.4) is 0 Å². The van der Waals surface area contributed by atoms with E-state index < -0.39 is 9.84 Å². The number of halogens is 2. The Morgan fingerprint density at radius 3 is 2.31 bits per heavy atom. The van der Waals surface area contributed by atoms with Crippen LogP contribution in [0.1, 0.15) is 6.92 Å². The van der Waals surface area contributed by atoms with E-state index >= 15 is 0 Å². The summed E-state index contributed by atoms with van der Waals surface area (Å²) in [7, 11) is -3.09. The fourth-order valence-electron chi connectivity index (χ4n) is 0.837. The molecule has 72 valence electrons. The van der Waals surface area contributed by atoms with Crippen molar-refractivity contribution in [1.29, 1.82) is 0 Å². The highest BCUT2D eigenvalue weighted by atomic mass is 79.9. The average Bonchev–Trinajstić information content (AvgIpc) is 2.09. The molecule has 2 nitrogen and oxygen atoms in total. The van der Waals surface area contributed by atoms with Crippen LogP contribution in [0.25, 0.3) is 0 Å². The van der Waals surface area contributed by atoms with Gasteiger partial charge < -0.3 is 0 Å². The molecule has 0 aliphatic heterocycles. The highest BCUT2D eigenvalue weighted by Crippen LogP contribution is 2.26. The standard InChI is InChI=1S/C8H8Br2O2S/c1-2-13(11,12)6-3-4-7(9)8(10)5-6/h3-5H,2H2,1H3. The second-order valence-corrected chi connectivity index (χ2v) is 6.47. The summed E-state index contributed by atoms with van der Waals surface area (Å²) in [6.45, 7) is 1.63. The molecule has 0 N–H and O–H groups in total. The average molecular weight is 328 g/mol. The molecule has 0 radical (unpaired) electrons. The zero-order valence-corrected chi connectivity index (χ0v) is 10.9. The molecule has 0 spiro atoms. The van der Waals surface area contributed by atoms with Crippen molar-refractivity contribution in [3.63, 3.8) is 0 Å². The smallest absolute Gasteiger partial charge is 0.178 e. The molecule has 1 aromatic rings. The molecule has 0 atom stereocenters. The maximum Gasteiger partial charge on any atom is 0.178 e. The Labute approximate surface area is 94.5 Å². The van der Waals surface area contributed by atoms with Gasteiger partial charge in [0.15, 0.2) is 9.84 Å². The van der Waals surface area contributed by atoms with E-state index in [1.54, 1.807) is 25.1 Å². The van der Waals surface area contributed by atoms with Gasteiger partial charge in [-0.15, -0.1) is 0 Å². The van der Waals surface area contributed by atoms with E-state index in [4.69, 9.17) is 0 Å². The Morgan fingerprint density at radius 1 is 1.23 bits per heavy atom. The number of hydrogen-bond acceptors (Lipinski definition) is 2. The lowest BCUT2D eigenvalue weighted by Crippen LogP contribution is -2.03. The first-order valence-corrected chi connectivity index (χ1v) is 6.89.